The minimum absolute atomic E-state index is 0. The fourth-order valence-corrected chi connectivity index (χ4v) is 3.08. The zero-order valence-electron chi connectivity index (χ0n) is 10.7. The van der Waals surface area contributed by atoms with E-state index in [0.717, 1.165) is 6.92 Å². The molecule has 0 amide bonds. The maximum absolute atomic E-state index is 10.5. The zero-order valence-corrected chi connectivity index (χ0v) is 14.3. The van der Waals surface area contributed by atoms with Crippen LogP contribution < -0.4 is 59.1 Å². The summed E-state index contributed by atoms with van der Waals surface area (Å²) in [5, 5.41) is 6.87. The van der Waals surface area contributed by atoms with Crippen LogP contribution in [0.15, 0.2) is 0 Å². The predicted octanol–water partition coefficient (Wildman–Crippen LogP) is -7.26. The topological polar surface area (TPSA) is 129 Å². The predicted molar refractivity (Wildman–Crippen MR) is 45.7 cm³/mol. The molecule has 0 rings (SSSR count). The van der Waals surface area contributed by atoms with Crippen molar-refractivity contribution >= 4 is 20.2 Å². The molecule has 0 bridgehead atoms. The van der Waals surface area contributed by atoms with E-state index in [-0.39, 0.29) is 62.0 Å². The quantitative estimate of drug-likeness (QED) is 0.345. The first-order valence-corrected chi connectivity index (χ1v) is 6.25. The molecule has 0 aromatic rings. The van der Waals surface area contributed by atoms with E-state index in [1.807, 2.05) is 0 Å². The van der Waals surface area contributed by atoms with Gasteiger partial charge in [0.15, 0.2) is 0 Å². The Kier molecular flexibility index (Phi) is 11.7. The van der Waals surface area contributed by atoms with Gasteiger partial charge >= 0.3 is 59.1 Å². The molecule has 3 N–H and O–H groups in total. The fourth-order valence-electron chi connectivity index (χ4n) is 0.682. The Morgan fingerprint density at radius 3 is 1.53 bits per heavy atom. The number of hydrogen-bond donors (Lipinski definition) is 3. The summed E-state index contributed by atoms with van der Waals surface area (Å²) in [4.78, 5) is 0. The van der Waals surface area contributed by atoms with Gasteiger partial charge in [-0.15, -0.1) is 0 Å². The summed E-state index contributed by atoms with van der Waals surface area (Å²) < 4.78 is 58.2. The average Bonchev–Trinajstić information content (AvgIpc) is 1.77. The van der Waals surface area contributed by atoms with Crippen LogP contribution in [-0.4, -0.2) is 48.2 Å². The molecule has 15 heavy (non-hydrogen) atoms. The standard InChI is InChI=1S/C4H10O7S2.2Na.2H/c1-3(5)4(13(9,10)11)2-12(6,7)8;;;;/h3-5H,2H2,1H3,(H,6,7,8)(H,9,10,11);;;;/q;2*+1;2*-1. The zero-order chi connectivity index (χ0) is 10.9. The van der Waals surface area contributed by atoms with E-state index in [9.17, 15) is 16.8 Å². The van der Waals surface area contributed by atoms with Gasteiger partial charge in [-0.1, -0.05) is 0 Å². The molecule has 0 aromatic heterocycles. The second kappa shape index (κ2) is 7.98. The molecule has 0 aliphatic heterocycles. The minimum atomic E-state index is -4.69. The second-order valence-electron chi connectivity index (χ2n) is 2.54. The molecule has 0 aromatic carbocycles. The Bertz CT molecular complexity index is 367. The maximum Gasteiger partial charge on any atom is 1.00 e. The van der Waals surface area contributed by atoms with Gasteiger partial charge in [0.25, 0.3) is 20.2 Å². The van der Waals surface area contributed by atoms with E-state index in [4.69, 9.17) is 14.2 Å². The first kappa shape index (κ1) is 22.0. The molecule has 2 unspecified atom stereocenters. The Morgan fingerprint density at radius 1 is 1.13 bits per heavy atom. The van der Waals surface area contributed by atoms with Crippen molar-refractivity contribution in [3.05, 3.63) is 0 Å². The SMILES string of the molecule is CC(O)C(CS(=O)(=O)O)S(=O)(=O)O.[H-].[H-].[Na+].[Na+]. The summed E-state index contributed by atoms with van der Waals surface area (Å²) in [6.45, 7) is 0.990. The van der Waals surface area contributed by atoms with Crippen LogP contribution in [0, 0.1) is 0 Å². The van der Waals surface area contributed by atoms with Gasteiger partial charge in [-0.05, 0) is 6.92 Å². The fraction of sp³-hybridized carbons (Fsp3) is 1.00. The van der Waals surface area contributed by atoms with Gasteiger partial charge in [0.1, 0.15) is 5.25 Å². The smallest absolute Gasteiger partial charge is 1.00 e. The van der Waals surface area contributed by atoms with Crippen LogP contribution in [-0.2, 0) is 20.2 Å². The minimum Gasteiger partial charge on any atom is -1.00 e. The maximum atomic E-state index is 10.5. The van der Waals surface area contributed by atoms with Crippen molar-refractivity contribution in [1.29, 1.82) is 0 Å². The van der Waals surface area contributed by atoms with E-state index in [1.165, 1.54) is 0 Å². The molecule has 0 aliphatic rings. The van der Waals surface area contributed by atoms with Gasteiger partial charge in [0, 0.05) is 0 Å². The van der Waals surface area contributed by atoms with Crippen LogP contribution >= 0.6 is 0 Å². The van der Waals surface area contributed by atoms with Crippen LogP contribution in [0.5, 0.6) is 0 Å². The summed E-state index contributed by atoms with van der Waals surface area (Å²) in [6.07, 6.45) is -1.59. The van der Waals surface area contributed by atoms with Crippen molar-refractivity contribution in [3.8, 4) is 0 Å². The molecular formula is C4H12Na2O7S2. The van der Waals surface area contributed by atoms with E-state index < -0.39 is 37.3 Å². The van der Waals surface area contributed by atoms with Crippen LogP contribution in [0.25, 0.3) is 0 Å². The molecular weight excluding hydrogens is 270 g/mol. The third kappa shape index (κ3) is 10.6. The molecule has 0 aliphatic carbocycles. The first-order chi connectivity index (χ1) is 5.54. The molecule has 0 fully saturated rings. The number of hydrogen-bond acceptors (Lipinski definition) is 5. The number of aliphatic hydroxyl groups is 1. The molecule has 0 spiro atoms. The van der Waals surface area contributed by atoms with Crippen molar-refractivity contribution in [2.24, 2.45) is 0 Å². The average molecular weight is 282 g/mol. The van der Waals surface area contributed by atoms with Gasteiger partial charge in [0.2, 0.25) is 0 Å². The Labute approximate surface area is 136 Å². The molecule has 0 saturated carbocycles. The van der Waals surface area contributed by atoms with Crippen LogP contribution in [0.3, 0.4) is 0 Å². The summed E-state index contributed by atoms with van der Waals surface area (Å²) >= 11 is 0. The third-order valence-corrected chi connectivity index (χ3v) is 3.61. The number of aliphatic hydroxyl groups excluding tert-OH is 1. The van der Waals surface area contributed by atoms with E-state index in [0.29, 0.717) is 0 Å². The first-order valence-electron chi connectivity index (χ1n) is 3.13. The van der Waals surface area contributed by atoms with E-state index in [1.54, 1.807) is 0 Å². The van der Waals surface area contributed by atoms with Gasteiger partial charge in [-0.2, -0.15) is 16.8 Å². The molecule has 0 heterocycles. The van der Waals surface area contributed by atoms with Crippen LogP contribution in [0.2, 0.25) is 0 Å². The van der Waals surface area contributed by atoms with Crippen LogP contribution in [0.4, 0.5) is 0 Å². The normalized spacial score (nSPS) is 15.7. The molecule has 7 nitrogen and oxygen atoms in total. The second-order valence-corrected chi connectivity index (χ2v) is 5.68. The van der Waals surface area contributed by atoms with Crippen LogP contribution in [0.1, 0.15) is 9.78 Å². The van der Waals surface area contributed by atoms with Gasteiger partial charge in [0.05, 0.1) is 11.9 Å². The van der Waals surface area contributed by atoms with Crippen molar-refractivity contribution in [1.82, 2.24) is 0 Å². The summed E-state index contributed by atoms with van der Waals surface area (Å²) in [5.41, 5.74) is 0. The van der Waals surface area contributed by atoms with E-state index >= 15 is 0 Å². The molecule has 84 valence electrons. The van der Waals surface area contributed by atoms with E-state index in [2.05, 4.69) is 0 Å². The number of rotatable bonds is 4. The van der Waals surface area contributed by atoms with Crippen molar-refractivity contribution in [3.63, 3.8) is 0 Å². The Morgan fingerprint density at radius 2 is 1.47 bits per heavy atom. The van der Waals surface area contributed by atoms with Gasteiger partial charge in [-0.3, -0.25) is 9.11 Å². The monoisotopic (exact) mass is 282 g/mol. The Balaban J connectivity index is -0.000000120. The molecule has 0 saturated heterocycles. The van der Waals surface area contributed by atoms with Gasteiger partial charge in [-0.25, -0.2) is 0 Å². The molecule has 0 radical (unpaired) electrons. The molecule has 11 heteroatoms. The van der Waals surface area contributed by atoms with Gasteiger partial charge < -0.3 is 7.96 Å². The summed E-state index contributed by atoms with van der Waals surface area (Å²) in [7, 11) is -9.24. The van der Waals surface area contributed by atoms with Crippen molar-refractivity contribution in [2.75, 3.05) is 5.75 Å². The largest absolute Gasteiger partial charge is 1.00 e. The van der Waals surface area contributed by atoms with Crippen molar-refractivity contribution < 1.29 is 93.0 Å². The summed E-state index contributed by atoms with van der Waals surface area (Å²) in [6, 6.07) is 0. The van der Waals surface area contributed by atoms with Crippen molar-refractivity contribution in [2.45, 2.75) is 18.3 Å². The third-order valence-electron chi connectivity index (χ3n) is 1.30. The summed E-state index contributed by atoms with van der Waals surface area (Å²) in [5.74, 6) is -1.23. The Hall–Kier alpha value is 1.78. The molecule has 2 atom stereocenters.